The number of benzene rings is 2. The molecule has 4 aromatic rings. The Balaban J connectivity index is 1.37. The maximum absolute atomic E-state index is 14.3. The van der Waals surface area contributed by atoms with Crippen molar-refractivity contribution in [2.75, 3.05) is 20.3 Å². The highest BCUT2D eigenvalue weighted by Gasteiger charge is 2.45. The van der Waals surface area contributed by atoms with Crippen LogP contribution in [0.2, 0.25) is 10.0 Å². The molecule has 1 aliphatic heterocycles. The predicted molar refractivity (Wildman–Crippen MR) is 157 cm³/mol. The van der Waals surface area contributed by atoms with Gasteiger partial charge in [0, 0.05) is 46.4 Å². The summed E-state index contributed by atoms with van der Waals surface area (Å²) < 4.78 is 52.5. The zero-order chi connectivity index (χ0) is 31.5. The van der Waals surface area contributed by atoms with Gasteiger partial charge in [-0.25, -0.2) is 14.1 Å². The molecule has 2 amide bonds. The van der Waals surface area contributed by atoms with Gasteiger partial charge in [-0.3, -0.25) is 9.59 Å². The Bertz CT molecular complexity index is 1810. The lowest BCUT2D eigenvalue weighted by Gasteiger charge is -2.22. The van der Waals surface area contributed by atoms with E-state index in [9.17, 15) is 22.8 Å². The summed E-state index contributed by atoms with van der Waals surface area (Å²) in [5.74, 6) is -1.43. The monoisotopic (exact) mass is 647 g/mol. The third-order valence-corrected chi connectivity index (χ3v) is 8.77. The maximum atomic E-state index is 14.3. The molecule has 2 aromatic heterocycles. The van der Waals surface area contributed by atoms with Crippen molar-refractivity contribution >= 4 is 45.9 Å². The van der Waals surface area contributed by atoms with E-state index in [0.717, 1.165) is 19.0 Å². The average Bonchev–Trinajstić information content (AvgIpc) is 3.63. The van der Waals surface area contributed by atoms with Crippen molar-refractivity contribution in [1.82, 2.24) is 20.1 Å². The van der Waals surface area contributed by atoms with Crippen molar-refractivity contribution in [3.05, 3.63) is 69.2 Å². The second-order valence-corrected chi connectivity index (χ2v) is 12.0. The fourth-order valence-electron chi connectivity index (χ4n) is 5.51. The molecule has 9 nitrogen and oxygen atoms in total. The number of hydrogen-bond donors (Lipinski definition) is 2. The van der Waals surface area contributed by atoms with Gasteiger partial charge in [-0.15, -0.1) is 0 Å². The predicted octanol–water partition coefficient (Wildman–Crippen LogP) is 6.01. The molecule has 1 fully saturated rings. The van der Waals surface area contributed by atoms with Gasteiger partial charge in [-0.1, -0.05) is 23.2 Å². The van der Waals surface area contributed by atoms with Crippen molar-refractivity contribution < 1.29 is 32.2 Å². The van der Waals surface area contributed by atoms with Crippen LogP contribution in [0.25, 0.3) is 22.2 Å². The number of aromatic nitrogens is 3. The van der Waals surface area contributed by atoms with Crippen molar-refractivity contribution in [1.29, 1.82) is 0 Å². The first kappa shape index (κ1) is 30.0. The number of hydrogen-bond acceptors (Lipinski definition) is 6. The first-order chi connectivity index (χ1) is 20.9. The van der Waals surface area contributed by atoms with Crippen LogP contribution in [0.15, 0.2) is 36.5 Å². The molecule has 230 valence electrons. The molecule has 1 unspecified atom stereocenters. The van der Waals surface area contributed by atoms with E-state index < -0.39 is 29.6 Å². The number of halogens is 5. The fraction of sp³-hybridized carbons (Fsp3) is 0.333. The fourth-order valence-corrected chi connectivity index (χ4v) is 6.00. The van der Waals surface area contributed by atoms with Crippen molar-refractivity contribution in [2.45, 2.75) is 37.6 Å². The van der Waals surface area contributed by atoms with E-state index in [2.05, 4.69) is 10.4 Å². The van der Waals surface area contributed by atoms with Crippen LogP contribution >= 0.6 is 23.2 Å². The zero-order valence-corrected chi connectivity index (χ0v) is 25.0. The third kappa shape index (κ3) is 5.19. The number of carbonyl (C=O) groups excluding carboxylic acids is 2. The van der Waals surface area contributed by atoms with Gasteiger partial charge in [0.15, 0.2) is 5.82 Å². The molecular formula is C30H26Cl2F3N5O4. The van der Waals surface area contributed by atoms with Crippen LogP contribution in [-0.4, -0.2) is 46.8 Å². The minimum absolute atomic E-state index is 0.0181. The number of carbonyl (C=O) groups is 2. The van der Waals surface area contributed by atoms with E-state index in [0.29, 0.717) is 38.3 Å². The largest absolute Gasteiger partial charge is 0.494 e. The van der Waals surface area contributed by atoms with E-state index in [-0.39, 0.29) is 51.9 Å². The van der Waals surface area contributed by atoms with Crippen LogP contribution in [0.4, 0.5) is 13.2 Å². The van der Waals surface area contributed by atoms with Gasteiger partial charge in [0.25, 0.3) is 5.91 Å². The molecule has 3 heterocycles. The van der Waals surface area contributed by atoms with Crippen molar-refractivity contribution in [2.24, 2.45) is 11.7 Å². The molecule has 0 radical (unpaired) electrons. The Hall–Kier alpha value is -4.03. The highest BCUT2D eigenvalue weighted by Crippen LogP contribution is 2.49. The van der Waals surface area contributed by atoms with Crippen LogP contribution in [0.5, 0.6) is 11.5 Å². The normalized spacial score (nSPS) is 18.3. The van der Waals surface area contributed by atoms with E-state index in [1.54, 1.807) is 13.0 Å². The molecule has 3 N–H and O–H groups in total. The van der Waals surface area contributed by atoms with Crippen LogP contribution in [0.3, 0.4) is 0 Å². The molecule has 14 heteroatoms. The Labute approximate surface area is 259 Å². The first-order valence-electron chi connectivity index (χ1n) is 13.7. The Morgan fingerprint density at radius 3 is 2.52 bits per heavy atom. The van der Waals surface area contributed by atoms with Crippen LogP contribution in [0, 0.1) is 11.7 Å². The lowest BCUT2D eigenvalue weighted by atomic mass is 9.82. The van der Waals surface area contributed by atoms with E-state index in [1.807, 2.05) is 0 Å². The molecule has 2 aliphatic rings. The number of primary amides is 1. The Kier molecular flexibility index (Phi) is 7.61. The number of amides is 2. The summed E-state index contributed by atoms with van der Waals surface area (Å²) in [4.78, 5) is 30.8. The summed E-state index contributed by atoms with van der Waals surface area (Å²) in [6.45, 7) is -1.02. The number of rotatable bonds is 9. The molecular weight excluding hydrogens is 622 g/mol. The molecule has 0 spiro atoms. The van der Waals surface area contributed by atoms with E-state index >= 15 is 0 Å². The number of nitrogens with two attached hydrogens (primary N) is 1. The van der Waals surface area contributed by atoms with Gasteiger partial charge in [-0.2, -0.15) is 13.9 Å². The first-order valence-corrected chi connectivity index (χ1v) is 14.4. The maximum Gasteiger partial charge on any atom is 0.333 e. The summed E-state index contributed by atoms with van der Waals surface area (Å²) in [6, 6.07) is 7.44. The van der Waals surface area contributed by atoms with Crippen LogP contribution < -0.4 is 20.5 Å². The summed E-state index contributed by atoms with van der Waals surface area (Å²) in [6.07, 6.45) is 2.92. The SMILES string of the molecule is COc1cc(C(=O)NCC(c2cc3c(c(-c4cc(Cl)c(F)c(Cl)c4)n2)OC[C@]3(C)C(N)=O)C2CC2)cc2cn(C(F)F)nc12. The van der Waals surface area contributed by atoms with Gasteiger partial charge in [0.1, 0.15) is 34.7 Å². The topological polar surface area (TPSA) is 121 Å². The molecule has 1 aliphatic carbocycles. The quantitative estimate of drug-likeness (QED) is 0.215. The molecule has 1 saturated carbocycles. The number of fused-ring (bicyclic) bond motifs is 2. The summed E-state index contributed by atoms with van der Waals surface area (Å²) in [5.41, 5.74) is 6.83. The smallest absolute Gasteiger partial charge is 0.333 e. The minimum atomic E-state index is -2.85. The summed E-state index contributed by atoms with van der Waals surface area (Å²) in [7, 11) is 1.36. The zero-order valence-electron chi connectivity index (χ0n) is 23.5. The van der Waals surface area contributed by atoms with Crippen molar-refractivity contribution in [3.63, 3.8) is 0 Å². The van der Waals surface area contributed by atoms with Crippen molar-refractivity contribution in [3.8, 4) is 22.8 Å². The highest BCUT2D eigenvalue weighted by atomic mass is 35.5. The minimum Gasteiger partial charge on any atom is -0.494 e. The average molecular weight is 648 g/mol. The molecule has 6 rings (SSSR count). The molecule has 2 aromatic carbocycles. The van der Waals surface area contributed by atoms with Gasteiger partial charge in [-0.05, 0) is 56.0 Å². The lowest BCUT2D eigenvalue weighted by Crippen LogP contribution is -2.40. The standard InChI is InChI=1S/C30H26Cl2F3N5O4/c1-30(28(36)42)12-44-26-18(30)9-21(38-25(26)14-6-19(31)23(33)20(32)7-14)17(13-3-4-13)10-37-27(41)15-5-16-11-40(29(34)35)39-24(16)22(8-15)43-2/h5-9,11,13,17,29H,3-4,10,12H2,1-2H3,(H2,36,42)(H,37,41)/t17?,30-/m0/s1. The second-order valence-electron chi connectivity index (χ2n) is 11.2. The van der Waals surface area contributed by atoms with Gasteiger partial charge >= 0.3 is 6.55 Å². The number of pyridine rings is 1. The Morgan fingerprint density at radius 2 is 1.91 bits per heavy atom. The Morgan fingerprint density at radius 1 is 1.20 bits per heavy atom. The van der Waals surface area contributed by atoms with Gasteiger partial charge in [0.05, 0.1) is 17.2 Å². The van der Waals surface area contributed by atoms with E-state index in [1.165, 1.54) is 31.4 Å². The third-order valence-electron chi connectivity index (χ3n) is 8.22. The number of ether oxygens (including phenoxy) is 2. The summed E-state index contributed by atoms with van der Waals surface area (Å²) in [5, 5.41) is 6.69. The molecule has 0 bridgehead atoms. The number of nitrogens with zero attached hydrogens (tertiary/aromatic N) is 3. The van der Waals surface area contributed by atoms with Gasteiger partial charge in [0.2, 0.25) is 5.91 Å². The highest BCUT2D eigenvalue weighted by molar-refractivity contribution is 6.35. The number of methoxy groups -OCH3 is 1. The lowest BCUT2D eigenvalue weighted by molar-refractivity contribution is -0.123. The second kappa shape index (κ2) is 11.2. The number of alkyl halides is 2. The van der Waals surface area contributed by atoms with Crippen LogP contribution in [0.1, 0.15) is 53.8 Å². The summed E-state index contributed by atoms with van der Waals surface area (Å²) >= 11 is 12.2. The molecule has 2 atom stereocenters. The van der Waals surface area contributed by atoms with Crippen LogP contribution in [-0.2, 0) is 10.2 Å². The van der Waals surface area contributed by atoms with E-state index in [4.69, 9.17) is 43.4 Å². The number of nitrogens with one attached hydrogen (secondary N) is 1. The van der Waals surface area contributed by atoms with Gasteiger partial charge < -0.3 is 20.5 Å². The molecule has 0 saturated heterocycles. The molecule has 44 heavy (non-hydrogen) atoms.